The maximum absolute atomic E-state index is 10.8. The van der Waals surface area contributed by atoms with Crippen LogP contribution in [0.25, 0.3) is 11.4 Å². The molecule has 0 radical (unpaired) electrons. The van der Waals surface area contributed by atoms with E-state index >= 15 is 0 Å². The van der Waals surface area contributed by atoms with Crippen LogP contribution in [0.3, 0.4) is 0 Å². The third-order valence-corrected chi connectivity index (χ3v) is 3.89. The van der Waals surface area contributed by atoms with Crippen LogP contribution in [0.15, 0.2) is 36.5 Å². The number of carbonyl (C=O) groups is 1. The molecule has 2 aromatic rings. The van der Waals surface area contributed by atoms with Gasteiger partial charge in [-0.05, 0) is 25.9 Å². The van der Waals surface area contributed by atoms with E-state index in [2.05, 4.69) is 27.0 Å². The summed E-state index contributed by atoms with van der Waals surface area (Å²) < 4.78 is 0. The highest BCUT2D eigenvalue weighted by Crippen LogP contribution is 2.19. The van der Waals surface area contributed by atoms with Gasteiger partial charge in [0.05, 0.1) is 0 Å². The van der Waals surface area contributed by atoms with E-state index in [0.29, 0.717) is 0 Å². The Morgan fingerprint density at radius 2 is 2.00 bits per heavy atom. The van der Waals surface area contributed by atoms with Crippen molar-refractivity contribution in [3.05, 3.63) is 42.2 Å². The largest absolute Gasteiger partial charge is 0.341 e. The maximum Gasteiger partial charge on any atom is 0.137 e. The predicted molar refractivity (Wildman–Crippen MR) is 78.1 cm³/mol. The summed E-state index contributed by atoms with van der Waals surface area (Å²) >= 11 is 0. The molecule has 4 nitrogen and oxygen atoms in total. The first-order chi connectivity index (χ1) is 9.85. The van der Waals surface area contributed by atoms with Crippen molar-refractivity contribution in [1.29, 1.82) is 0 Å². The first-order valence-electron chi connectivity index (χ1n) is 7.12. The van der Waals surface area contributed by atoms with Crippen LogP contribution >= 0.6 is 0 Å². The molecule has 4 heteroatoms. The highest BCUT2D eigenvalue weighted by atomic mass is 16.1. The number of hydrogen-bond donors (Lipinski definition) is 1. The van der Waals surface area contributed by atoms with Gasteiger partial charge in [-0.2, -0.15) is 0 Å². The molecule has 2 heterocycles. The van der Waals surface area contributed by atoms with Gasteiger partial charge in [0.25, 0.3) is 0 Å². The fraction of sp³-hybridized carbons (Fsp3) is 0.375. The molecule has 1 saturated heterocycles. The van der Waals surface area contributed by atoms with E-state index < -0.39 is 0 Å². The van der Waals surface area contributed by atoms with E-state index in [0.717, 1.165) is 55.8 Å². The van der Waals surface area contributed by atoms with Crippen LogP contribution in [-0.4, -0.2) is 34.2 Å². The van der Waals surface area contributed by atoms with Gasteiger partial charge in [-0.3, -0.25) is 4.90 Å². The van der Waals surface area contributed by atoms with E-state index in [4.69, 9.17) is 0 Å². The molecule has 0 atom stereocenters. The second kappa shape index (κ2) is 6.01. The number of H-pyrrole nitrogens is 1. The number of imidazole rings is 1. The van der Waals surface area contributed by atoms with Crippen molar-refractivity contribution in [2.45, 2.75) is 19.4 Å². The van der Waals surface area contributed by atoms with Crippen LogP contribution in [0, 0.1) is 5.92 Å². The highest BCUT2D eigenvalue weighted by Gasteiger charge is 2.19. The van der Waals surface area contributed by atoms with Gasteiger partial charge >= 0.3 is 0 Å². The smallest absolute Gasteiger partial charge is 0.137 e. The van der Waals surface area contributed by atoms with Crippen LogP contribution < -0.4 is 0 Å². The van der Waals surface area contributed by atoms with Gasteiger partial charge in [-0.15, -0.1) is 0 Å². The number of aldehydes is 1. The molecule has 1 N–H and O–H groups in total. The summed E-state index contributed by atoms with van der Waals surface area (Å²) in [5.41, 5.74) is 2.24. The van der Waals surface area contributed by atoms with E-state index in [-0.39, 0.29) is 5.92 Å². The molecule has 104 valence electrons. The highest BCUT2D eigenvalue weighted by molar-refractivity contribution is 5.54. The number of hydrogen-bond acceptors (Lipinski definition) is 3. The molecule has 1 fully saturated rings. The number of aromatic amines is 1. The Balaban J connectivity index is 1.62. The maximum atomic E-state index is 10.8. The van der Waals surface area contributed by atoms with Crippen molar-refractivity contribution in [3.8, 4) is 11.4 Å². The topological polar surface area (TPSA) is 49.0 Å². The fourth-order valence-corrected chi connectivity index (χ4v) is 2.67. The number of nitrogens with zero attached hydrogens (tertiary/aromatic N) is 2. The van der Waals surface area contributed by atoms with Crippen molar-refractivity contribution in [3.63, 3.8) is 0 Å². The summed E-state index contributed by atoms with van der Waals surface area (Å²) in [6.07, 6.45) is 4.96. The van der Waals surface area contributed by atoms with Crippen molar-refractivity contribution >= 4 is 6.29 Å². The summed E-state index contributed by atoms with van der Waals surface area (Å²) in [7, 11) is 0. The first kappa shape index (κ1) is 13.1. The standard InChI is InChI=1S/C16H19N3O/c20-12-13-6-8-19(9-7-13)11-15-10-17-16(18-15)14-4-2-1-3-5-14/h1-5,10,12-13H,6-9,11H2,(H,17,18). The van der Waals surface area contributed by atoms with Gasteiger partial charge in [0.2, 0.25) is 0 Å². The van der Waals surface area contributed by atoms with Gasteiger partial charge in [-0.1, -0.05) is 30.3 Å². The normalized spacial score (nSPS) is 17.2. The van der Waals surface area contributed by atoms with Crippen molar-refractivity contribution in [2.24, 2.45) is 5.92 Å². The molecule has 3 rings (SSSR count). The molecule has 0 saturated carbocycles. The van der Waals surface area contributed by atoms with Crippen LogP contribution in [0.2, 0.25) is 0 Å². The number of likely N-dealkylation sites (tertiary alicyclic amines) is 1. The van der Waals surface area contributed by atoms with Gasteiger partial charge in [0.15, 0.2) is 0 Å². The lowest BCUT2D eigenvalue weighted by Gasteiger charge is -2.28. The molecule has 1 aliphatic heterocycles. The number of carbonyl (C=O) groups excluding carboxylic acids is 1. The zero-order chi connectivity index (χ0) is 13.8. The minimum absolute atomic E-state index is 0.257. The summed E-state index contributed by atoms with van der Waals surface area (Å²) in [6.45, 7) is 2.86. The molecule has 0 unspecified atom stereocenters. The van der Waals surface area contributed by atoms with Crippen LogP contribution in [0.1, 0.15) is 18.5 Å². The fourth-order valence-electron chi connectivity index (χ4n) is 2.67. The predicted octanol–water partition coefficient (Wildman–Crippen LogP) is 2.49. The van der Waals surface area contributed by atoms with E-state index in [1.54, 1.807) is 0 Å². The molecule has 1 aromatic carbocycles. The molecule has 20 heavy (non-hydrogen) atoms. The minimum atomic E-state index is 0.257. The zero-order valence-electron chi connectivity index (χ0n) is 11.5. The van der Waals surface area contributed by atoms with Gasteiger partial charge < -0.3 is 9.78 Å². The molecule has 1 aliphatic rings. The number of piperidine rings is 1. The first-order valence-corrected chi connectivity index (χ1v) is 7.12. The van der Waals surface area contributed by atoms with E-state index in [1.165, 1.54) is 0 Å². The van der Waals surface area contributed by atoms with E-state index in [9.17, 15) is 4.79 Å². The van der Waals surface area contributed by atoms with Crippen LogP contribution in [0.4, 0.5) is 0 Å². The third kappa shape index (κ3) is 2.96. The molecular formula is C16H19N3O. The van der Waals surface area contributed by atoms with Crippen molar-refractivity contribution < 1.29 is 4.79 Å². The number of aromatic nitrogens is 2. The average molecular weight is 269 g/mol. The molecule has 0 bridgehead atoms. The molecular weight excluding hydrogens is 250 g/mol. The van der Waals surface area contributed by atoms with Crippen molar-refractivity contribution in [2.75, 3.05) is 13.1 Å². The lowest BCUT2D eigenvalue weighted by Crippen LogP contribution is -2.33. The van der Waals surface area contributed by atoms with Gasteiger partial charge in [-0.25, -0.2) is 4.98 Å². The lowest BCUT2D eigenvalue weighted by molar-refractivity contribution is -0.112. The van der Waals surface area contributed by atoms with Crippen LogP contribution in [-0.2, 0) is 11.3 Å². The molecule has 1 aromatic heterocycles. The lowest BCUT2D eigenvalue weighted by atomic mass is 9.99. The Morgan fingerprint density at radius 1 is 1.25 bits per heavy atom. The average Bonchev–Trinajstić information content (AvgIpc) is 2.97. The zero-order valence-corrected chi connectivity index (χ0v) is 11.5. The number of nitrogens with one attached hydrogen (secondary N) is 1. The van der Waals surface area contributed by atoms with Crippen LogP contribution in [0.5, 0.6) is 0 Å². The second-order valence-electron chi connectivity index (χ2n) is 5.37. The molecule has 0 aliphatic carbocycles. The quantitative estimate of drug-likeness (QED) is 0.868. The van der Waals surface area contributed by atoms with Gasteiger partial charge in [0.1, 0.15) is 12.1 Å². The Hall–Kier alpha value is -1.94. The summed E-state index contributed by atoms with van der Waals surface area (Å²) in [5.74, 6) is 1.18. The number of benzene rings is 1. The Bertz CT molecular complexity index is 556. The summed E-state index contributed by atoms with van der Waals surface area (Å²) in [5, 5.41) is 0. The van der Waals surface area contributed by atoms with Crippen molar-refractivity contribution in [1.82, 2.24) is 14.9 Å². The third-order valence-electron chi connectivity index (χ3n) is 3.89. The Morgan fingerprint density at radius 3 is 2.70 bits per heavy atom. The van der Waals surface area contributed by atoms with E-state index in [1.807, 2.05) is 24.4 Å². The molecule has 0 spiro atoms. The Labute approximate surface area is 118 Å². The summed E-state index contributed by atoms with van der Waals surface area (Å²) in [4.78, 5) is 21.0. The SMILES string of the molecule is O=CC1CCN(Cc2cnc(-c3ccccc3)[nH]2)CC1. The summed E-state index contributed by atoms with van der Waals surface area (Å²) in [6, 6.07) is 10.1. The Kier molecular flexibility index (Phi) is 3.92. The monoisotopic (exact) mass is 269 g/mol. The number of rotatable bonds is 4. The minimum Gasteiger partial charge on any atom is -0.341 e. The second-order valence-corrected chi connectivity index (χ2v) is 5.37. The molecule has 0 amide bonds. The van der Waals surface area contributed by atoms with Gasteiger partial charge in [0, 0.05) is 29.9 Å².